The fraction of sp³-hybridized carbons (Fsp3) is 0.200. The fourth-order valence-electron chi connectivity index (χ4n) is 6.45. The predicted molar refractivity (Wildman–Crippen MR) is 226 cm³/mol. The number of carbonyl (C=O) groups excluding carboxylic acids is 2. The zero-order valence-corrected chi connectivity index (χ0v) is 35.0. The Balaban J connectivity index is 1.37. The molecule has 0 saturated heterocycles. The van der Waals surface area contributed by atoms with E-state index in [2.05, 4.69) is 18.9 Å². The fourth-order valence-corrected chi connectivity index (χ4v) is 7.93. The van der Waals surface area contributed by atoms with E-state index in [0.29, 0.717) is 33.0 Å². The molecule has 6 rings (SSSR count). The molecule has 2 aromatic heterocycles. The van der Waals surface area contributed by atoms with Crippen LogP contribution in [0.5, 0.6) is 11.5 Å². The second-order valence-electron chi connectivity index (χ2n) is 13.5. The number of ketones is 2. The number of hydrogen-bond acceptors (Lipinski definition) is 11. The zero-order chi connectivity index (χ0) is 42.8. The van der Waals surface area contributed by atoms with Gasteiger partial charge in [0.2, 0.25) is 0 Å². The summed E-state index contributed by atoms with van der Waals surface area (Å²) in [6.07, 6.45) is -0.273. The van der Waals surface area contributed by atoms with Gasteiger partial charge in [-0.15, -0.1) is 0 Å². The lowest BCUT2D eigenvalue weighted by atomic mass is 9.95. The van der Waals surface area contributed by atoms with Crippen LogP contribution in [-0.2, 0) is 55.7 Å². The minimum atomic E-state index is -3.80. The van der Waals surface area contributed by atoms with Gasteiger partial charge in [0.15, 0.2) is 0 Å². The van der Waals surface area contributed by atoms with Crippen molar-refractivity contribution in [2.45, 2.75) is 39.5 Å². The Hall–Kier alpha value is -5.56. The van der Waals surface area contributed by atoms with Gasteiger partial charge in [0, 0.05) is 73.8 Å². The number of hydrogen-bond donors (Lipinski definition) is 4. The summed E-state index contributed by atoms with van der Waals surface area (Å²) >= 11 is 13.5. The van der Waals surface area contributed by atoms with Crippen LogP contribution < -0.4 is 34.9 Å². The van der Waals surface area contributed by atoms with E-state index in [0.717, 1.165) is 0 Å². The molecule has 0 fully saturated rings. The van der Waals surface area contributed by atoms with Crippen molar-refractivity contribution in [3.63, 3.8) is 0 Å². The lowest BCUT2D eigenvalue weighted by Gasteiger charge is -2.16. The largest absolute Gasteiger partial charge is 0.454 e. The van der Waals surface area contributed by atoms with E-state index in [-0.39, 0.29) is 92.5 Å². The molecule has 0 spiro atoms. The van der Waals surface area contributed by atoms with Crippen molar-refractivity contribution in [2.75, 3.05) is 23.5 Å². The van der Waals surface area contributed by atoms with Crippen molar-refractivity contribution in [2.24, 2.45) is 0 Å². The molecular formula is C40H36Cl2N4O11S2. The first kappa shape index (κ1) is 43.0. The van der Waals surface area contributed by atoms with Gasteiger partial charge in [-0.25, -0.2) is 19.0 Å². The first-order chi connectivity index (χ1) is 27.8. The summed E-state index contributed by atoms with van der Waals surface area (Å²) in [5, 5.41) is 0.826. The maximum atomic E-state index is 13.5. The van der Waals surface area contributed by atoms with Crippen LogP contribution >= 0.6 is 23.2 Å². The summed E-state index contributed by atoms with van der Waals surface area (Å²) in [5.74, 6) is -0.475. The molecule has 2 heterocycles. The van der Waals surface area contributed by atoms with E-state index >= 15 is 0 Å². The number of benzene rings is 4. The molecule has 0 unspecified atom stereocenters. The van der Waals surface area contributed by atoms with E-state index < -0.39 is 31.7 Å². The molecular weight excluding hydrogens is 847 g/mol. The van der Waals surface area contributed by atoms with Crippen LogP contribution in [0.4, 0.5) is 11.4 Å². The highest BCUT2D eigenvalue weighted by molar-refractivity contribution is 7.91. The monoisotopic (exact) mass is 882 g/mol. The molecule has 0 aliphatic rings. The number of carbonyl (C=O) groups is 2. The van der Waals surface area contributed by atoms with Crippen LogP contribution in [0.3, 0.4) is 0 Å². The van der Waals surface area contributed by atoms with Gasteiger partial charge in [0.1, 0.15) is 34.2 Å². The molecule has 19 heteroatoms. The highest BCUT2D eigenvalue weighted by Crippen LogP contribution is 2.40. The number of anilines is 2. The van der Waals surface area contributed by atoms with E-state index in [1.165, 1.54) is 52.2 Å². The molecule has 0 amide bonds. The minimum Gasteiger partial charge on any atom is -0.454 e. The quantitative estimate of drug-likeness (QED) is 0.0803. The number of rotatable bonds is 16. The predicted octanol–water partition coefficient (Wildman–Crippen LogP) is 6.20. The van der Waals surface area contributed by atoms with Crippen molar-refractivity contribution in [1.82, 2.24) is 9.44 Å². The second-order valence-corrected chi connectivity index (χ2v) is 17.5. The van der Waals surface area contributed by atoms with E-state index in [9.17, 15) is 36.0 Å². The van der Waals surface area contributed by atoms with Crippen LogP contribution in [-0.4, -0.2) is 42.5 Å². The summed E-state index contributed by atoms with van der Waals surface area (Å²) in [7, 11) is -5.09. The Labute approximate surface area is 348 Å². The third-order valence-corrected chi connectivity index (χ3v) is 11.7. The molecule has 0 radical (unpaired) electrons. The second kappa shape index (κ2) is 17.3. The van der Waals surface area contributed by atoms with E-state index in [1.807, 2.05) is 0 Å². The third kappa shape index (κ3) is 10.2. The SMILES string of the molecule is CNS(=O)(=O)Nc1cccc(Cc2c(CC(C)=O)c3cc(Cl)c(Oc4cc5oc(=O)c(Cc6cccc(NS(=O)(=O)NC)c6)c(CC(C)=O)c5cc4Cl)cc3oc2=O)c1. The van der Waals surface area contributed by atoms with Gasteiger partial charge >= 0.3 is 11.3 Å². The van der Waals surface area contributed by atoms with Gasteiger partial charge in [-0.2, -0.15) is 16.8 Å². The molecule has 0 saturated carbocycles. The maximum absolute atomic E-state index is 13.5. The van der Waals surface area contributed by atoms with Crippen LogP contribution in [0, 0.1) is 0 Å². The number of Topliss-reactive ketones (excluding diaryl/α,β-unsaturated/α-hetero) is 2. The van der Waals surface area contributed by atoms with Crippen molar-refractivity contribution in [3.8, 4) is 11.5 Å². The molecule has 4 aromatic carbocycles. The van der Waals surface area contributed by atoms with Gasteiger partial charge < -0.3 is 13.6 Å². The highest BCUT2D eigenvalue weighted by atomic mass is 35.5. The van der Waals surface area contributed by atoms with Gasteiger partial charge in [-0.1, -0.05) is 47.5 Å². The number of nitrogens with one attached hydrogen (secondary N) is 4. The van der Waals surface area contributed by atoms with Crippen molar-refractivity contribution < 1.29 is 40.0 Å². The Kier molecular flexibility index (Phi) is 12.7. The number of halogens is 2. The lowest BCUT2D eigenvalue weighted by Crippen LogP contribution is -2.26. The molecule has 6 aromatic rings. The highest BCUT2D eigenvalue weighted by Gasteiger charge is 2.23. The first-order valence-electron chi connectivity index (χ1n) is 17.7. The van der Waals surface area contributed by atoms with E-state index in [1.54, 1.807) is 48.5 Å². The van der Waals surface area contributed by atoms with Crippen molar-refractivity contribution in [3.05, 3.63) is 137 Å². The Morgan fingerprint density at radius 2 is 1.00 bits per heavy atom. The summed E-state index contributed by atoms with van der Waals surface area (Å²) in [4.78, 5) is 52.0. The molecule has 4 N–H and O–H groups in total. The van der Waals surface area contributed by atoms with Gasteiger partial charge in [0.05, 0.1) is 21.4 Å². The maximum Gasteiger partial charge on any atom is 0.340 e. The molecule has 15 nitrogen and oxygen atoms in total. The summed E-state index contributed by atoms with van der Waals surface area (Å²) in [6, 6.07) is 18.5. The zero-order valence-electron chi connectivity index (χ0n) is 31.8. The average molecular weight is 884 g/mol. The van der Waals surface area contributed by atoms with Crippen LogP contribution in [0.25, 0.3) is 21.9 Å². The molecule has 0 atom stereocenters. The van der Waals surface area contributed by atoms with Crippen LogP contribution in [0.2, 0.25) is 10.0 Å². The van der Waals surface area contributed by atoms with Gasteiger partial charge in [0.25, 0.3) is 20.4 Å². The Bertz CT molecular complexity index is 2820. The Morgan fingerprint density at radius 3 is 1.36 bits per heavy atom. The smallest absolute Gasteiger partial charge is 0.340 e. The summed E-state index contributed by atoms with van der Waals surface area (Å²) in [6.45, 7) is 2.74. The van der Waals surface area contributed by atoms with Crippen LogP contribution in [0.15, 0.2) is 91.2 Å². The van der Waals surface area contributed by atoms with Gasteiger partial charge in [-0.05, 0) is 72.5 Å². The normalized spacial score (nSPS) is 11.8. The topological polar surface area (TPSA) is 220 Å². The Morgan fingerprint density at radius 1 is 0.610 bits per heavy atom. The molecule has 308 valence electrons. The molecule has 0 aliphatic carbocycles. The van der Waals surface area contributed by atoms with Gasteiger partial charge in [-0.3, -0.25) is 19.0 Å². The molecule has 0 aliphatic heterocycles. The lowest BCUT2D eigenvalue weighted by molar-refractivity contribution is -0.117. The summed E-state index contributed by atoms with van der Waals surface area (Å²) in [5.41, 5.74) is 1.30. The standard InChI is InChI=1S/C40H36Cl2N4O11S2/c1-21(47)11-27-29-17-33(41)37(19-35(29)56-39(49)31(27)15-23-7-5-9-25(13-23)45-58(51,52)43-3)55-38-20-36-30(18-34(38)42)28(12-22(2)48)32(40(50)57-36)16-24-8-6-10-26(14-24)46-59(53,54)44-4/h5-10,13-14,17-20,43-46H,11-12,15-16H2,1-4H3. The average Bonchev–Trinajstić information content (AvgIpc) is 3.15. The van der Waals surface area contributed by atoms with Crippen molar-refractivity contribution in [1.29, 1.82) is 0 Å². The molecule has 59 heavy (non-hydrogen) atoms. The first-order valence-corrected chi connectivity index (χ1v) is 21.4. The molecule has 0 bridgehead atoms. The number of ether oxygens (including phenoxy) is 1. The van der Waals surface area contributed by atoms with E-state index in [4.69, 9.17) is 36.8 Å². The number of fused-ring (bicyclic) bond motifs is 2. The minimum absolute atomic E-state index is 0.00169. The van der Waals surface area contributed by atoms with Crippen LogP contribution in [0.1, 0.15) is 47.2 Å². The summed E-state index contributed by atoms with van der Waals surface area (Å²) < 4.78 is 74.8. The van der Waals surface area contributed by atoms with Crippen molar-refractivity contribution >= 4 is 88.5 Å². The third-order valence-electron chi connectivity index (χ3n) is 9.07.